The molecule has 5 rings (SSSR count). The minimum atomic E-state index is -0.386. The van der Waals surface area contributed by atoms with Crippen LogP contribution in [-0.4, -0.2) is 35.6 Å². The summed E-state index contributed by atoms with van der Waals surface area (Å²) in [6, 6.07) is 7.03. The third-order valence-corrected chi connectivity index (χ3v) is 5.89. The second-order valence-corrected chi connectivity index (χ2v) is 7.20. The zero-order valence-corrected chi connectivity index (χ0v) is 14.4. The Hall–Kier alpha value is -2.92. The molecule has 4 unspecified atom stereocenters. The zero-order valence-electron chi connectivity index (χ0n) is 14.4. The number of hydrazine groups is 1. The Morgan fingerprint density at radius 3 is 2.54 bits per heavy atom. The van der Waals surface area contributed by atoms with Crippen LogP contribution in [0.3, 0.4) is 0 Å². The number of nitrogens with two attached hydrogens (primary N) is 1. The molecule has 130 valence electrons. The molecule has 0 bridgehead atoms. The van der Waals surface area contributed by atoms with Gasteiger partial charge in [-0.15, -0.1) is 0 Å². The van der Waals surface area contributed by atoms with Crippen LogP contribution in [0.25, 0.3) is 0 Å². The Labute approximate surface area is 151 Å². The minimum absolute atomic E-state index is 0.00703. The van der Waals surface area contributed by atoms with Crippen LogP contribution in [0.1, 0.15) is 10.4 Å². The van der Waals surface area contributed by atoms with Crippen molar-refractivity contribution >= 4 is 17.3 Å². The number of rotatable bonds is 0. The first-order valence-electron chi connectivity index (χ1n) is 8.81. The number of hydrogen-bond donors (Lipinski definition) is 1. The van der Waals surface area contributed by atoms with Gasteiger partial charge in [0.1, 0.15) is 0 Å². The zero-order chi connectivity index (χ0) is 18.0. The van der Waals surface area contributed by atoms with E-state index in [0.29, 0.717) is 16.8 Å². The van der Waals surface area contributed by atoms with Crippen LogP contribution in [0.5, 0.6) is 0 Å². The fourth-order valence-corrected chi connectivity index (χ4v) is 4.51. The fraction of sp³-hybridized carbons (Fsp3) is 0.238. The van der Waals surface area contributed by atoms with Crippen molar-refractivity contribution in [3.63, 3.8) is 0 Å². The number of anilines is 1. The lowest BCUT2D eigenvalue weighted by Gasteiger charge is -2.46. The molecule has 0 spiro atoms. The van der Waals surface area contributed by atoms with E-state index < -0.39 is 0 Å². The normalized spacial score (nSPS) is 31.6. The smallest absolute Gasteiger partial charge is 0.174 e. The molecule has 0 radical (unpaired) electrons. The first-order chi connectivity index (χ1) is 12.6. The van der Waals surface area contributed by atoms with Gasteiger partial charge in [0.2, 0.25) is 0 Å². The van der Waals surface area contributed by atoms with Gasteiger partial charge in [0, 0.05) is 23.9 Å². The van der Waals surface area contributed by atoms with E-state index in [1.807, 2.05) is 67.8 Å². The number of piperidine rings is 1. The standard InChI is InChI=1S/C21H19N3O2/c1-23-16-8-4-2-6-12(16)20(25)14-11-19-15(10-18(14)23)21(26)13-7-3-5-9-17(13)24(19)22/h2-12,15-16,19H,22H2,1H3. The lowest BCUT2D eigenvalue weighted by Crippen LogP contribution is -2.54. The van der Waals surface area contributed by atoms with Gasteiger partial charge in [-0.2, -0.15) is 0 Å². The van der Waals surface area contributed by atoms with Gasteiger partial charge in [-0.25, -0.2) is 5.84 Å². The molecule has 2 aliphatic heterocycles. The van der Waals surface area contributed by atoms with Gasteiger partial charge in [-0.1, -0.05) is 36.4 Å². The summed E-state index contributed by atoms with van der Waals surface area (Å²) >= 11 is 0. The van der Waals surface area contributed by atoms with E-state index in [2.05, 4.69) is 4.90 Å². The molecule has 1 aromatic rings. The molecule has 0 amide bonds. The second kappa shape index (κ2) is 5.29. The number of hydrogen-bond acceptors (Lipinski definition) is 5. The van der Waals surface area contributed by atoms with E-state index in [1.54, 1.807) is 5.01 Å². The van der Waals surface area contributed by atoms with Crippen LogP contribution in [0.4, 0.5) is 5.69 Å². The Bertz CT molecular complexity index is 956. The molecule has 0 aromatic heterocycles. The van der Waals surface area contributed by atoms with E-state index in [-0.39, 0.29) is 35.5 Å². The van der Waals surface area contributed by atoms with E-state index in [9.17, 15) is 9.59 Å². The number of carbonyl (C=O) groups excluding carboxylic acids is 2. The van der Waals surface area contributed by atoms with Crippen LogP contribution in [-0.2, 0) is 4.79 Å². The number of ketones is 2. The molecule has 2 heterocycles. The van der Waals surface area contributed by atoms with Crippen molar-refractivity contribution in [3.05, 3.63) is 77.6 Å². The van der Waals surface area contributed by atoms with Crippen molar-refractivity contribution < 1.29 is 9.59 Å². The number of likely N-dealkylation sites (tertiary alicyclic amines) is 1. The van der Waals surface area contributed by atoms with Crippen molar-refractivity contribution in [1.82, 2.24) is 4.90 Å². The van der Waals surface area contributed by atoms with Crippen LogP contribution >= 0.6 is 0 Å². The Morgan fingerprint density at radius 1 is 0.923 bits per heavy atom. The SMILES string of the molecule is CN1C2=CC3C(=O)c4ccccc4N(N)C3C=C2C(=O)C2C=CC=CC21. The third kappa shape index (κ3) is 1.89. The van der Waals surface area contributed by atoms with Gasteiger partial charge < -0.3 is 9.91 Å². The van der Waals surface area contributed by atoms with Gasteiger partial charge in [-0.05, 0) is 24.3 Å². The number of Topliss-reactive ketones (excluding diaryl/α,β-unsaturated/α-hetero) is 2. The second-order valence-electron chi connectivity index (χ2n) is 7.20. The fourth-order valence-electron chi connectivity index (χ4n) is 4.51. The summed E-state index contributed by atoms with van der Waals surface area (Å²) < 4.78 is 0. The maximum absolute atomic E-state index is 13.1. The van der Waals surface area contributed by atoms with E-state index >= 15 is 0 Å². The van der Waals surface area contributed by atoms with Gasteiger partial charge >= 0.3 is 0 Å². The lowest BCUT2D eigenvalue weighted by molar-refractivity contribution is -0.120. The molecule has 4 atom stereocenters. The quantitative estimate of drug-likeness (QED) is 0.729. The van der Waals surface area contributed by atoms with Gasteiger partial charge in [0.15, 0.2) is 11.6 Å². The third-order valence-electron chi connectivity index (χ3n) is 5.89. The Kier molecular flexibility index (Phi) is 3.12. The van der Waals surface area contributed by atoms with Crippen molar-refractivity contribution in [2.75, 3.05) is 12.1 Å². The van der Waals surface area contributed by atoms with Crippen molar-refractivity contribution in [3.8, 4) is 0 Å². The predicted molar refractivity (Wildman–Crippen MR) is 99.2 cm³/mol. The molecule has 4 aliphatic rings. The molecule has 1 fully saturated rings. The van der Waals surface area contributed by atoms with Crippen molar-refractivity contribution in [2.45, 2.75) is 12.1 Å². The van der Waals surface area contributed by atoms with Crippen LogP contribution in [0.15, 0.2) is 72.0 Å². The monoisotopic (exact) mass is 345 g/mol. The topological polar surface area (TPSA) is 66.6 Å². The molecule has 26 heavy (non-hydrogen) atoms. The number of carbonyl (C=O) groups is 2. The molecule has 2 aliphatic carbocycles. The summed E-state index contributed by atoms with van der Waals surface area (Å²) in [7, 11) is 1.98. The first kappa shape index (κ1) is 15.3. The van der Waals surface area contributed by atoms with Gasteiger partial charge in [0.25, 0.3) is 0 Å². The van der Waals surface area contributed by atoms with Gasteiger partial charge in [-0.3, -0.25) is 9.59 Å². The first-order valence-corrected chi connectivity index (χ1v) is 8.81. The Balaban J connectivity index is 1.64. The molecule has 5 heteroatoms. The van der Waals surface area contributed by atoms with Crippen molar-refractivity contribution in [2.24, 2.45) is 17.7 Å². The molecular formula is C21H19N3O2. The number of benzene rings is 1. The summed E-state index contributed by atoms with van der Waals surface area (Å²) in [6.07, 6.45) is 11.7. The average Bonchev–Trinajstić information content (AvgIpc) is 2.69. The summed E-state index contributed by atoms with van der Waals surface area (Å²) in [6.45, 7) is 0. The number of likely N-dealkylation sites (N-methyl/N-ethyl adjacent to an activating group) is 1. The number of para-hydroxylation sites is 1. The molecular weight excluding hydrogens is 326 g/mol. The summed E-state index contributed by atoms with van der Waals surface area (Å²) in [5.41, 5.74) is 2.84. The highest BCUT2D eigenvalue weighted by Gasteiger charge is 2.46. The van der Waals surface area contributed by atoms with Crippen molar-refractivity contribution in [1.29, 1.82) is 0 Å². The molecule has 1 saturated heterocycles. The maximum atomic E-state index is 13.1. The number of allylic oxidation sites excluding steroid dienone is 3. The van der Waals surface area contributed by atoms with E-state index in [0.717, 1.165) is 5.70 Å². The van der Waals surface area contributed by atoms with E-state index in [1.165, 1.54) is 0 Å². The number of fused-ring (bicyclic) bond motifs is 4. The summed E-state index contributed by atoms with van der Waals surface area (Å²) in [5.74, 6) is 5.93. The van der Waals surface area contributed by atoms with Crippen LogP contribution < -0.4 is 10.9 Å². The lowest BCUT2D eigenvalue weighted by atomic mass is 9.74. The molecule has 5 nitrogen and oxygen atoms in total. The highest BCUT2D eigenvalue weighted by Crippen LogP contribution is 2.42. The molecule has 1 aromatic carbocycles. The van der Waals surface area contributed by atoms with Gasteiger partial charge in [0.05, 0.1) is 29.6 Å². The molecule has 0 saturated carbocycles. The highest BCUT2D eigenvalue weighted by molar-refractivity contribution is 6.09. The largest absolute Gasteiger partial charge is 0.367 e. The highest BCUT2D eigenvalue weighted by atomic mass is 16.1. The minimum Gasteiger partial charge on any atom is -0.367 e. The summed E-state index contributed by atoms with van der Waals surface area (Å²) in [5, 5.41) is 1.62. The number of nitrogens with zero attached hydrogens (tertiary/aromatic N) is 2. The van der Waals surface area contributed by atoms with E-state index in [4.69, 9.17) is 5.84 Å². The molecule has 2 N–H and O–H groups in total. The Morgan fingerprint density at radius 2 is 1.69 bits per heavy atom. The average molecular weight is 345 g/mol. The van der Waals surface area contributed by atoms with Crippen LogP contribution in [0, 0.1) is 11.8 Å². The maximum Gasteiger partial charge on any atom is 0.174 e. The van der Waals surface area contributed by atoms with Crippen LogP contribution in [0.2, 0.25) is 0 Å². The summed E-state index contributed by atoms with van der Waals surface area (Å²) in [4.78, 5) is 28.2. The predicted octanol–water partition coefficient (Wildman–Crippen LogP) is 2.00.